The number of ketones is 1. The van der Waals surface area contributed by atoms with Gasteiger partial charge in [-0.3, -0.25) is 27.7 Å². The van der Waals surface area contributed by atoms with Gasteiger partial charge in [0.15, 0.2) is 0 Å². The van der Waals surface area contributed by atoms with E-state index in [1.54, 1.807) is 81.4 Å². The van der Waals surface area contributed by atoms with Crippen LogP contribution in [0.3, 0.4) is 0 Å². The molecule has 0 radical (unpaired) electrons. The molecule has 11 heteroatoms. The highest BCUT2D eigenvalue weighted by Crippen LogP contribution is 2.55. The molecular formula is C27H38N3O7P. The third-order valence-corrected chi connectivity index (χ3v) is 7.13. The molecule has 0 aliphatic carbocycles. The average molecular weight is 548 g/mol. The number of phosphoric acid groups is 1. The predicted molar refractivity (Wildman–Crippen MR) is 144 cm³/mol. The number of benzene rings is 1. The zero-order valence-corrected chi connectivity index (χ0v) is 24.8. The van der Waals surface area contributed by atoms with Gasteiger partial charge in [0, 0.05) is 17.7 Å². The van der Waals surface area contributed by atoms with Gasteiger partial charge in [0.2, 0.25) is 5.78 Å². The number of hydrogen-bond acceptors (Lipinski definition) is 8. The van der Waals surface area contributed by atoms with E-state index in [1.807, 2.05) is 6.07 Å². The highest BCUT2D eigenvalue weighted by molar-refractivity contribution is 7.48. The molecule has 10 nitrogen and oxygen atoms in total. The molecule has 0 N–H and O–H groups in total. The van der Waals surface area contributed by atoms with Crippen molar-refractivity contribution in [3.05, 3.63) is 67.0 Å². The first kappa shape index (κ1) is 31.4. The highest BCUT2D eigenvalue weighted by atomic mass is 31.2. The molecule has 1 aromatic heterocycles. The summed E-state index contributed by atoms with van der Waals surface area (Å²) in [5, 5.41) is 9.35. The van der Waals surface area contributed by atoms with Crippen LogP contribution < -0.4 is 11.2 Å². The number of hydrogen-bond donors (Lipinski definition) is 0. The number of carbonyl (C=O) groups is 1. The van der Waals surface area contributed by atoms with E-state index in [-0.39, 0.29) is 23.4 Å². The molecule has 208 valence electrons. The molecule has 1 aromatic carbocycles. The third-order valence-electron chi connectivity index (χ3n) is 5.16. The number of aryl methyl sites for hydroxylation is 1. The molecule has 0 spiro atoms. The topological polar surface area (TPSA) is 130 Å². The number of nitrogens with zero attached hydrogens (tertiary/aromatic N) is 3. The lowest BCUT2D eigenvalue weighted by Crippen LogP contribution is -2.45. The van der Waals surface area contributed by atoms with Crippen molar-refractivity contribution in [1.29, 1.82) is 5.26 Å². The van der Waals surface area contributed by atoms with Crippen LogP contribution in [0.1, 0.15) is 101 Å². The Balaban J connectivity index is 2.72. The number of aromatic nitrogens is 2. The first-order chi connectivity index (χ1) is 17.3. The van der Waals surface area contributed by atoms with Crippen LogP contribution in [0.4, 0.5) is 0 Å². The Labute approximate surface area is 223 Å². The lowest BCUT2D eigenvalue weighted by Gasteiger charge is -2.31. The monoisotopic (exact) mass is 547 g/mol. The Hall–Kier alpha value is -2.83. The van der Waals surface area contributed by atoms with Crippen LogP contribution in [-0.2, 0) is 31.4 Å². The summed E-state index contributed by atoms with van der Waals surface area (Å²) in [6.45, 7) is 16.3. The molecule has 0 aliphatic heterocycles. The van der Waals surface area contributed by atoms with Crippen LogP contribution in [0.15, 0.2) is 27.8 Å². The first-order valence-corrected chi connectivity index (χ1v) is 13.9. The Morgan fingerprint density at radius 3 is 2.03 bits per heavy atom. The summed E-state index contributed by atoms with van der Waals surface area (Å²) in [7, 11) is -4.23. The predicted octanol–water partition coefficient (Wildman–Crippen LogP) is 5.28. The highest BCUT2D eigenvalue weighted by Gasteiger charge is 2.38. The van der Waals surface area contributed by atoms with E-state index < -0.39 is 48.7 Å². The summed E-state index contributed by atoms with van der Waals surface area (Å²) in [5.74, 6) is -0.995. The molecule has 38 heavy (non-hydrogen) atoms. The molecule has 0 saturated heterocycles. The van der Waals surface area contributed by atoms with Gasteiger partial charge in [-0.2, -0.15) is 5.26 Å². The Kier molecular flexibility index (Phi) is 9.50. The fraction of sp³-hybridized carbons (Fsp3) is 0.556. The van der Waals surface area contributed by atoms with Crippen molar-refractivity contribution in [3.8, 4) is 6.07 Å². The third kappa shape index (κ3) is 7.61. The minimum absolute atomic E-state index is 0.0525. The van der Waals surface area contributed by atoms with E-state index in [9.17, 15) is 24.2 Å². The van der Waals surface area contributed by atoms with Crippen LogP contribution in [0.5, 0.6) is 0 Å². The summed E-state index contributed by atoms with van der Waals surface area (Å²) in [6.07, 6.45) is 0. The Bertz CT molecular complexity index is 1400. The van der Waals surface area contributed by atoms with Crippen molar-refractivity contribution >= 4 is 13.6 Å². The van der Waals surface area contributed by atoms with Crippen LogP contribution >= 0.6 is 7.82 Å². The molecule has 2 aromatic rings. The van der Waals surface area contributed by atoms with Crippen molar-refractivity contribution in [2.24, 2.45) is 0 Å². The van der Waals surface area contributed by atoms with Gasteiger partial charge in [-0.25, -0.2) is 13.9 Å². The number of rotatable bonds is 9. The minimum atomic E-state index is -4.23. The zero-order valence-electron chi connectivity index (χ0n) is 23.9. The normalized spacial score (nSPS) is 12.6. The Morgan fingerprint density at radius 2 is 1.58 bits per heavy atom. The SMILES string of the molecule is CCn1c(C(=O)c2cc(C)cc(C#N)c2)c(C(C)C)c(=O)n(COP(=O)(OC(C)(C)C)OC(C)(C)C)c1=O. The lowest BCUT2D eigenvalue weighted by atomic mass is 9.95. The second-order valence-corrected chi connectivity index (χ2v) is 12.8. The first-order valence-electron chi connectivity index (χ1n) is 12.4. The number of phosphoric ester groups is 1. The van der Waals surface area contributed by atoms with Crippen LogP contribution in [0.25, 0.3) is 0 Å². The maximum absolute atomic E-state index is 13.7. The summed E-state index contributed by atoms with van der Waals surface area (Å²) < 4.78 is 32.2. The standard InChI is InChI=1S/C27H38N3O7P/c1-11-29-22(23(31)20-13-18(4)12-19(14-20)15-28)21(17(2)3)24(32)30(25(29)33)16-35-38(34,36-26(5,6)7)37-27(8,9)10/h12-14,17H,11,16H2,1-10H3. The Morgan fingerprint density at radius 1 is 1.03 bits per heavy atom. The van der Waals surface area contributed by atoms with Gasteiger partial charge in [0.25, 0.3) is 5.56 Å². The van der Waals surface area contributed by atoms with Crippen molar-refractivity contribution in [2.75, 3.05) is 0 Å². The van der Waals surface area contributed by atoms with Crippen molar-refractivity contribution < 1.29 is 22.9 Å². The maximum atomic E-state index is 13.7. The second-order valence-electron chi connectivity index (χ2n) is 11.3. The van der Waals surface area contributed by atoms with Gasteiger partial charge in [-0.1, -0.05) is 13.8 Å². The summed E-state index contributed by atoms with van der Waals surface area (Å²) in [4.78, 5) is 40.8. The number of nitriles is 1. The molecule has 0 amide bonds. The van der Waals surface area contributed by atoms with Crippen molar-refractivity contribution in [3.63, 3.8) is 0 Å². The smallest absolute Gasteiger partial charge is 0.290 e. The summed E-state index contributed by atoms with van der Waals surface area (Å²) in [6, 6.07) is 6.70. The van der Waals surface area contributed by atoms with Crippen molar-refractivity contribution in [1.82, 2.24) is 9.13 Å². The lowest BCUT2D eigenvalue weighted by molar-refractivity contribution is -0.00725. The number of carbonyl (C=O) groups excluding carboxylic acids is 1. The molecular weight excluding hydrogens is 509 g/mol. The van der Waals surface area contributed by atoms with Gasteiger partial charge in [0.05, 0.1) is 22.8 Å². The molecule has 0 fully saturated rings. The van der Waals surface area contributed by atoms with Gasteiger partial charge in [-0.15, -0.1) is 0 Å². The molecule has 0 bridgehead atoms. The summed E-state index contributed by atoms with van der Waals surface area (Å²) >= 11 is 0. The second kappa shape index (κ2) is 11.5. The van der Waals surface area contributed by atoms with Crippen molar-refractivity contribution in [2.45, 2.75) is 99.6 Å². The maximum Gasteiger partial charge on any atom is 0.477 e. The van der Waals surface area contributed by atoms with E-state index in [1.165, 1.54) is 10.6 Å². The largest absolute Gasteiger partial charge is 0.477 e. The van der Waals surface area contributed by atoms with Gasteiger partial charge < -0.3 is 0 Å². The zero-order chi connectivity index (χ0) is 29.2. The molecule has 1 heterocycles. The fourth-order valence-corrected chi connectivity index (χ4v) is 5.62. The quantitative estimate of drug-likeness (QED) is 0.306. The molecule has 0 atom stereocenters. The van der Waals surface area contributed by atoms with E-state index in [0.29, 0.717) is 11.1 Å². The minimum Gasteiger partial charge on any atom is -0.290 e. The molecule has 2 rings (SSSR count). The fourth-order valence-electron chi connectivity index (χ4n) is 3.88. The van der Waals surface area contributed by atoms with Gasteiger partial charge in [0.1, 0.15) is 12.4 Å². The molecule has 0 unspecified atom stereocenters. The van der Waals surface area contributed by atoms with Crippen LogP contribution in [0.2, 0.25) is 0 Å². The molecule has 0 saturated carbocycles. The average Bonchev–Trinajstić information content (AvgIpc) is 2.74. The van der Waals surface area contributed by atoms with E-state index in [0.717, 1.165) is 4.57 Å². The van der Waals surface area contributed by atoms with E-state index in [4.69, 9.17) is 13.6 Å². The van der Waals surface area contributed by atoms with E-state index in [2.05, 4.69) is 0 Å². The van der Waals surface area contributed by atoms with Crippen LogP contribution in [-0.4, -0.2) is 26.1 Å². The van der Waals surface area contributed by atoms with Gasteiger partial charge in [-0.05, 0) is 85.1 Å². The van der Waals surface area contributed by atoms with Gasteiger partial charge >= 0.3 is 13.5 Å². The molecule has 0 aliphatic rings. The van der Waals surface area contributed by atoms with Crippen LogP contribution in [0, 0.1) is 18.3 Å². The summed E-state index contributed by atoms with van der Waals surface area (Å²) in [5.41, 5.74) is -2.15. The van der Waals surface area contributed by atoms with E-state index >= 15 is 0 Å².